The molecular formula is C14H24N2O. The second kappa shape index (κ2) is 7.05. The summed E-state index contributed by atoms with van der Waals surface area (Å²) in [7, 11) is 0. The van der Waals surface area contributed by atoms with Gasteiger partial charge in [0.1, 0.15) is 5.75 Å². The molecule has 17 heavy (non-hydrogen) atoms. The van der Waals surface area contributed by atoms with Gasteiger partial charge in [0.25, 0.3) is 0 Å². The number of nitrogen functional groups attached to an aromatic ring is 1. The van der Waals surface area contributed by atoms with E-state index in [-0.39, 0.29) is 0 Å². The normalized spacial score (nSPS) is 10.3. The third-order valence-corrected chi connectivity index (χ3v) is 2.65. The number of nitrogens with two attached hydrogens (primary N) is 1. The van der Waals surface area contributed by atoms with Gasteiger partial charge in [-0.3, -0.25) is 0 Å². The van der Waals surface area contributed by atoms with Gasteiger partial charge in [-0.25, -0.2) is 0 Å². The lowest BCUT2D eigenvalue weighted by Gasteiger charge is -2.24. The van der Waals surface area contributed by atoms with E-state index in [2.05, 4.69) is 24.8 Å². The van der Waals surface area contributed by atoms with Crippen molar-refractivity contribution in [1.29, 1.82) is 0 Å². The largest absolute Gasteiger partial charge is 0.492 e. The van der Waals surface area contributed by atoms with Crippen LogP contribution in [0.1, 0.15) is 33.6 Å². The molecule has 0 saturated heterocycles. The molecular weight excluding hydrogens is 212 g/mol. The van der Waals surface area contributed by atoms with Crippen molar-refractivity contribution in [3.63, 3.8) is 0 Å². The SMILES string of the molecule is CCCN(CCC)c1ccc(N)c(OCC)c1. The summed E-state index contributed by atoms with van der Waals surface area (Å²) in [5.41, 5.74) is 7.79. The van der Waals surface area contributed by atoms with Crippen LogP contribution in [0, 0.1) is 0 Å². The Morgan fingerprint density at radius 3 is 2.29 bits per heavy atom. The molecule has 0 aliphatic rings. The summed E-state index contributed by atoms with van der Waals surface area (Å²) in [6.07, 6.45) is 2.29. The van der Waals surface area contributed by atoms with Gasteiger partial charge < -0.3 is 15.4 Å². The van der Waals surface area contributed by atoms with E-state index in [1.165, 1.54) is 5.69 Å². The fraction of sp³-hybridized carbons (Fsp3) is 0.571. The fourth-order valence-corrected chi connectivity index (χ4v) is 1.91. The number of rotatable bonds is 7. The van der Waals surface area contributed by atoms with Gasteiger partial charge in [-0.05, 0) is 31.9 Å². The Hall–Kier alpha value is -1.38. The summed E-state index contributed by atoms with van der Waals surface area (Å²) >= 11 is 0. The summed E-state index contributed by atoms with van der Waals surface area (Å²) in [4.78, 5) is 2.38. The average molecular weight is 236 g/mol. The van der Waals surface area contributed by atoms with Crippen LogP contribution in [0.4, 0.5) is 11.4 Å². The minimum Gasteiger partial charge on any atom is -0.492 e. The molecule has 3 nitrogen and oxygen atoms in total. The zero-order valence-electron chi connectivity index (χ0n) is 11.2. The summed E-state index contributed by atoms with van der Waals surface area (Å²) in [5, 5.41) is 0. The molecule has 96 valence electrons. The highest BCUT2D eigenvalue weighted by Crippen LogP contribution is 2.28. The molecule has 0 radical (unpaired) electrons. The van der Waals surface area contributed by atoms with E-state index < -0.39 is 0 Å². The van der Waals surface area contributed by atoms with Gasteiger partial charge in [0.05, 0.1) is 12.3 Å². The first kappa shape index (κ1) is 13.7. The van der Waals surface area contributed by atoms with Crippen LogP contribution in [0.2, 0.25) is 0 Å². The van der Waals surface area contributed by atoms with Gasteiger partial charge in [-0.1, -0.05) is 13.8 Å². The van der Waals surface area contributed by atoms with E-state index in [9.17, 15) is 0 Å². The first-order valence-corrected chi connectivity index (χ1v) is 6.50. The molecule has 0 saturated carbocycles. The van der Waals surface area contributed by atoms with Gasteiger partial charge in [0.2, 0.25) is 0 Å². The molecule has 1 rings (SSSR count). The zero-order chi connectivity index (χ0) is 12.7. The Bertz CT molecular complexity index is 333. The van der Waals surface area contributed by atoms with Crippen molar-refractivity contribution in [1.82, 2.24) is 0 Å². The molecule has 0 bridgehead atoms. The number of nitrogens with zero attached hydrogens (tertiary/aromatic N) is 1. The molecule has 0 fully saturated rings. The van der Waals surface area contributed by atoms with E-state index in [4.69, 9.17) is 10.5 Å². The minimum atomic E-state index is 0.648. The standard InChI is InChI=1S/C14H24N2O/c1-4-9-16(10-5-2)12-7-8-13(15)14(11-12)17-6-3/h7-8,11H,4-6,9-10,15H2,1-3H3. The predicted octanol–water partition coefficient (Wildman–Crippen LogP) is 3.29. The van der Waals surface area contributed by atoms with Crippen molar-refractivity contribution in [2.75, 3.05) is 30.3 Å². The van der Waals surface area contributed by atoms with Crippen LogP contribution >= 0.6 is 0 Å². The van der Waals surface area contributed by atoms with Crippen LogP contribution in [0.3, 0.4) is 0 Å². The number of benzene rings is 1. The topological polar surface area (TPSA) is 38.5 Å². The third kappa shape index (κ3) is 3.84. The molecule has 0 atom stereocenters. The number of ether oxygens (including phenoxy) is 1. The molecule has 0 amide bonds. The first-order chi connectivity index (χ1) is 8.22. The highest BCUT2D eigenvalue weighted by atomic mass is 16.5. The van der Waals surface area contributed by atoms with E-state index in [1.807, 2.05) is 19.1 Å². The zero-order valence-corrected chi connectivity index (χ0v) is 11.2. The lowest BCUT2D eigenvalue weighted by atomic mass is 10.2. The Balaban J connectivity index is 2.90. The van der Waals surface area contributed by atoms with Crippen molar-refractivity contribution < 1.29 is 4.74 Å². The highest BCUT2D eigenvalue weighted by Gasteiger charge is 2.07. The number of anilines is 2. The molecule has 3 heteroatoms. The third-order valence-electron chi connectivity index (χ3n) is 2.65. The summed E-state index contributed by atoms with van der Waals surface area (Å²) in [6, 6.07) is 6.05. The van der Waals surface area contributed by atoms with Crippen LogP contribution < -0.4 is 15.4 Å². The van der Waals surface area contributed by atoms with Crippen molar-refractivity contribution in [3.05, 3.63) is 18.2 Å². The maximum Gasteiger partial charge on any atom is 0.144 e. The quantitative estimate of drug-likeness (QED) is 0.738. The Morgan fingerprint density at radius 2 is 1.76 bits per heavy atom. The molecule has 0 aliphatic heterocycles. The van der Waals surface area contributed by atoms with Crippen molar-refractivity contribution >= 4 is 11.4 Å². The van der Waals surface area contributed by atoms with Gasteiger partial charge in [-0.15, -0.1) is 0 Å². The van der Waals surface area contributed by atoms with Crippen LogP contribution in [0.15, 0.2) is 18.2 Å². The minimum absolute atomic E-state index is 0.648. The predicted molar refractivity (Wildman–Crippen MR) is 74.8 cm³/mol. The van der Waals surface area contributed by atoms with E-state index in [1.54, 1.807) is 0 Å². The first-order valence-electron chi connectivity index (χ1n) is 6.50. The van der Waals surface area contributed by atoms with Crippen LogP contribution in [0.5, 0.6) is 5.75 Å². The molecule has 0 unspecified atom stereocenters. The molecule has 0 aliphatic carbocycles. The van der Waals surface area contributed by atoms with E-state index >= 15 is 0 Å². The van der Waals surface area contributed by atoms with Gasteiger partial charge in [-0.2, -0.15) is 0 Å². The Morgan fingerprint density at radius 1 is 1.12 bits per heavy atom. The molecule has 0 spiro atoms. The molecule has 1 aromatic carbocycles. The molecule has 0 aromatic heterocycles. The Labute approximate surface area is 105 Å². The number of hydrogen-bond acceptors (Lipinski definition) is 3. The van der Waals surface area contributed by atoms with Crippen LogP contribution in [-0.4, -0.2) is 19.7 Å². The number of hydrogen-bond donors (Lipinski definition) is 1. The average Bonchev–Trinajstić information content (AvgIpc) is 2.32. The van der Waals surface area contributed by atoms with Crippen molar-refractivity contribution in [2.24, 2.45) is 0 Å². The summed E-state index contributed by atoms with van der Waals surface area (Å²) in [5.74, 6) is 0.794. The lowest BCUT2D eigenvalue weighted by molar-refractivity contribution is 0.342. The lowest BCUT2D eigenvalue weighted by Crippen LogP contribution is -2.24. The van der Waals surface area contributed by atoms with Crippen molar-refractivity contribution in [3.8, 4) is 5.75 Å². The monoisotopic (exact) mass is 236 g/mol. The fourth-order valence-electron chi connectivity index (χ4n) is 1.91. The maximum atomic E-state index is 5.88. The van der Waals surface area contributed by atoms with E-state index in [0.717, 1.165) is 31.7 Å². The maximum absolute atomic E-state index is 5.88. The van der Waals surface area contributed by atoms with Gasteiger partial charge >= 0.3 is 0 Å². The second-order valence-corrected chi connectivity index (χ2v) is 4.14. The van der Waals surface area contributed by atoms with Gasteiger partial charge in [0, 0.05) is 24.8 Å². The van der Waals surface area contributed by atoms with E-state index in [0.29, 0.717) is 12.3 Å². The van der Waals surface area contributed by atoms with Crippen LogP contribution in [0.25, 0.3) is 0 Å². The van der Waals surface area contributed by atoms with Gasteiger partial charge in [0.15, 0.2) is 0 Å². The Kier molecular flexibility index (Phi) is 5.67. The molecule has 0 heterocycles. The second-order valence-electron chi connectivity index (χ2n) is 4.14. The molecule has 1 aromatic rings. The highest BCUT2D eigenvalue weighted by molar-refractivity contribution is 5.62. The summed E-state index contributed by atoms with van der Waals surface area (Å²) < 4.78 is 5.53. The summed E-state index contributed by atoms with van der Waals surface area (Å²) in [6.45, 7) is 9.16. The molecule has 2 N–H and O–H groups in total. The van der Waals surface area contributed by atoms with Crippen molar-refractivity contribution in [2.45, 2.75) is 33.6 Å². The van der Waals surface area contributed by atoms with Crippen LogP contribution in [-0.2, 0) is 0 Å². The smallest absolute Gasteiger partial charge is 0.144 e.